The fourth-order valence-corrected chi connectivity index (χ4v) is 3.82. The lowest BCUT2D eigenvalue weighted by Gasteiger charge is -2.37. The summed E-state index contributed by atoms with van der Waals surface area (Å²) in [5, 5.41) is 0.725. The van der Waals surface area contributed by atoms with Crippen molar-refractivity contribution in [2.45, 2.75) is 32.7 Å². The predicted molar refractivity (Wildman–Crippen MR) is 99.8 cm³/mol. The number of anilines is 1. The van der Waals surface area contributed by atoms with Crippen molar-refractivity contribution >= 4 is 29.1 Å². The number of halogens is 1. The fraction of sp³-hybridized carbons (Fsp3) is 0.579. The number of piperazine rings is 1. The Morgan fingerprint density at radius 1 is 1.16 bits per heavy atom. The predicted octanol–water partition coefficient (Wildman–Crippen LogP) is 2.64. The van der Waals surface area contributed by atoms with E-state index in [0.717, 1.165) is 23.8 Å². The van der Waals surface area contributed by atoms with Crippen LogP contribution in [0.3, 0.4) is 0 Å². The highest BCUT2D eigenvalue weighted by Crippen LogP contribution is 2.28. The van der Waals surface area contributed by atoms with Gasteiger partial charge in [0, 0.05) is 55.4 Å². The van der Waals surface area contributed by atoms with Gasteiger partial charge in [-0.05, 0) is 39.0 Å². The number of hydrogen-bond donors (Lipinski definition) is 0. The third kappa shape index (κ3) is 3.92. The first-order chi connectivity index (χ1) is 11.8. The Hall–Kier alpha value is -1.75. The van der Waals surface area contributed by atoms with E-state index in [1.807, 2.05) is 54.8 Å². The highest BCUT2D eigenvalue weighted by Gasteiger charge is 2.41. The molecule has 0 radical (unpaired) electrons. The zero-order chi connectivity index (χ0) is 18.2. The minimum Gasteiger partial charge on any atom is -0.368 e. The van der Waals surface area contributed by atoms with Gasteiger partial charge in [-0.3, -0.25) is 9.59 Å². The average Bonchev–Trinajstić information content (AvgIpc) is 2.96. The van der Waals surface area contributed by atoms with E-state index >= 15 is 0 Å². The lowest BCUT2D eigenvalue weighted by Crippen LogP contribution is -2.51. The van der Waals surface area contributed by atoms with Crippen LogP contribution in [0.2, 0.25) is 5.02 Å². The molecule has 2 aliphatic rings. The maximum absolute atomic E-state index is 12.8. The van der Waals surface area contributed by atoms with Crippen molar-refractivity contribution in [1.29, 1.82) is 0 Å². The van der Waals surface area contributed by atoms with Gasteiger partial charge in [0.25, 0.3) is 0 Å². The Morgan fingerprint density at radius 2 is 1.84 bits per heavy atom. The van der Waals surface area contributed by atoms with Crippen molar-refractivity contribution in [2.75, 3.05) is 37.6 Å². The SMILES string of the molecule is CC(C)(C)N1C[C@H](C(=O)N2CCN(c3cccc(Cl)c3)CC2)CC1=O. The van der Waals surface area contributed by atoms with Gasteiger partial charge < -0.3 is 14.7 Å². The molecule has 0 aliphatic carbocycles. The third-order valence-corrected chi connectivity index (χ3v) is 5.28. The molecule has 3 rings (SSSR count). The lowest BCUT2D eigenvalue weighted by atomic mass is 10.1. The van der Waals surface area contributed by atoms with Crippen LogP contribution in [0, 0.1) is 5.92 Å². The average molecular weight is 364 g/mol. The van der Waals surface area contributed by atoms with Crippen molar-refractivity contribution in [1.82, 2.24) is 9.80 Å². The van der Waals surface area contributed by atoms with Crippen LogP contribution in [-0.4, -0.2) is 59.9 Å². The Labute approximate surface area is 154 Å². The maximum Gasteiger partial charge on any atom is 0.228 e. The van der Waals surface area contributed by atoms with Gasteiger partial charge in [-0.2, -0.15) is 0 Å². The minimum atomic E-state index is -0.225. The summed E-state index contributed by atoms with van der Waals surface area (Å²) in [7, 11) is 0. The van der Waals surface area contributed by atoms with Gasteiger partial charge in [-0.25, -0.2) is 0 Å². The molecule has 1 atom stereocenters. The summed E-state index contributed by atoms with van der Waals surface area (Å²) >= 11 is 6.07. The quantitative estimate of drug-likeness (QED) is 0.811. The molecule has 2 fully saturated rings. The molecule has 0 aromatic heterocycles. The first-order valence-electron chi connectivity index (χ1n) is 8.85. The van der Waals surface area contributed by atoms with E-state index in [-0.39, 0.29) is 23.3 Å². The van der Waals surface area contributed by atoms with Gasteiger partial charge in [-0.15, -0.1) is 0 Å². The molecule has 6 heteroatoms. The summed E-state index contributed by atoms with van der Waals surface area (Å²) in [4.78, 5) is 31.0. The number of rotatable bonds is 2. The van der Waals surface area contributed by atoms with E-state index in [9.17, 15) is 9.59 Å². The second kappa shape index (κ2) is 6.87. The molecule has 136 valence electrons. The Kier molecular flexibility index (Phi) is 4.96. The normalized spacial score (nSPS) is 21.8. The number of carbonyl (C=O) groups is 2. The van der Waals surface area contributed by atoms with Crippen molar-refractivity contribution < 1.29 is 9.59 Å². The second-order valence-electron chi connectivity index (χ2n) is 7.87. The summed E-state index contributed by atoms with van der Waals surface area (Å²) in [6.07, 6.45) is 0.338. The number of amides is 2. The van der Waals surface area contributed by atoms with Gasteiger partial charge in [-0.1, -0.05) is 17.7 Å². The number of hydrogen-bond acceptors (Lipinski definition) is 3. The molecular weight excluding hydrogens is 338 g/mol. The van der Waals surface area contributed by atoms with E-state index in [4.69, 9.17) is 11.6 Å². The summed E-state index contributed by atoms with van der Waals surface area (Å²) in [5.74, 6) is -0.00120. The molecule has 2 heterocycles. The van der Waals surface area contributed by atoms with Gasteiger partial charge in [0.05, 0.1) is 5.92 Å². The largest absolute Gasteiger partial charge is 0.368 e. The van der Waals surface area contributed by atoms with Crippen LogP contribution in [0.1, 0.15) is 27.2 Å². The van der Waals surface area contributed by atoms with Gasteiger partial charge in [0.15, 0.2) is 0 Å². The standard InChI is InChI=1S/C19H26ClN3O2/c1-19(2,3)23-13-14(11-17(23)24)18(25)22-9-7-21(8-10-22)16-6-4-5-15(20)12-16/h4-6,12,14H,7-11,13H2,1-3H3/t14-/m1/s1. The molecule has 2 aliphatic heterocycles. The summed E-state index contributed by atoms with van der Waals surface area (Å²) in [6.45, 7) is 9.53. The molecule has 0 saturated carbocycles. The topological polar surface area (TPSA) is 43.9 Å². The van der Waals surface area contributed by atoms with E-state index < -0.39 is 0 Å². The van der Waals surface area contributed by atoms with Crippen LogP contribution in [0.5, 0.6) is 0 Å². The molecule has 0 bridgehead atoms. The number of benzene rings is 1. The van der Waals surface area contributed by atoms with Crippen LogP contribution < -0.4 is 4.90 Å². The number of carbonyl (C=O) groups excluding carboxylic acids is 2. The van der Waals surface area contributed by atoms with Crippen LogP contribution in [0.25, 0.3) is 0 Å². The third-order valence-electron chi connectivity index (χ3n) is 5.05. The van der Waals surface area contributed by atoms with E-state index in [0.29, 0.717) is 26.1 Å². The lowest BCUT2D eigenvalue weighted by molar-refractivity contribution is -0.136. The van der Waals surface area contributed by atoms with Crippen molar-refractivity contribution in [3.63, 3.8) is 0 Å². The van der Waals surface area contributed by atoms with Crippen LogP contribution in [-0.2, 0) is 9.59 Å². The summed E-state index contributed by atoms with van der Waals surface area (Å²) < 4.78 is 0. The Bertz CT molecular complexity index is 663. The van der Waals surface area contributed by atoms with Crippen LogP contribution in [0.4, 0.5) is 5.69 Å². The molecule has 1 aromatic carbocycles. The summed E-state index contributed by atoms with van der Waals surface area (Å²) in [5.41, 5.74) is 0.867. The molecule has 0 unspecified atom stereocenters. The zero-order valence-corrected chi connectivity index (χ0v) is 15.9. The smallest absolute Gasteiger partial charge is 0.228 e. The molecule has 25 heavy (non-hydrogen) atoms. The molecule has 2 saturated heterocycles. The van der Waals surface area contributed by atoms with Crippen molar-refractivity contribution in [3.05, 3.63) is 29.3 Å². The maximum atomic E-state index is 12.8. The van der Waals surface area contributed by atoms with Gasteiger partial charge in [0.2, 0.25) is 11.8 Å². The highest BCUT2D eigenvalue weighted by atomic mass is 35.5. The van der Waals surface area contributed by atoms with E-state index in [1.54, 1.807) is 0 Å². The first-order valence-corrected chi connectivity index (χ1v) is 9.23. The molecule has 2 amide bonds. The van der Waals surface area contributed by atoms with Crippen LogP contribution in [0.15, 0.2) is 24.3 Å². The second-order valence-corrected chi connectivity index (χ2v) is 8.30. The first kappa shape index (κ1) is 18.1. The molecular formula is C19H26ClN3O2. The molecule has 0 N–H and O–H groups in total. The number of nitrogens with zero attached hydrogens (tertiary/aromatic N) is 3. The van der Waals surface area contributed by atoms with Gasteiger partial charge >= 0.3 is 0 Å². The Morgan fingerprint density at radius 3 is 2.40 bits per heavy atom. The van der Waals surface area contributed by atoms with E-state index in [2.05, 4.69) is 4.90 Å². The molecule has 5 nitrogen and oxygen atoms in total. The monoisotopic (exact) mass is 363 g/mol. The van der Waals surface area contributed by atoms with E-state index in [1.165, 1.54) is 0 Å². The highest BCUT2D eigenvalue weighted by molar-refractivity contribution is 6.30. The molecule has 0 spiro atoms. The van der Waals surface area contributed by atoms with Crippen molar-refractivity contribution in [2.24, 2.45) is 5.92 Å². The zero-order valence-electron chi connectivity index (χ0n) is 15.2. The fourth-order valence-electron chi connectivity index (χ4n) is 3.64. The van der Waals surface area contributed by atoms with Crippen molar-refractivity contribution in [3.8, 4) is 0 Å². The Balaban J connectivity index is 1.58. The minimum absolute atomic E-state index is 0.0865. The summed E-state index contributed by atoms with van der Waals surface area (Å²) in [6, 6.07) is 7.80. The molecule has 1 aromatic rings. The van der Waals surface area contributed by atoms with Crippen LogP contribution >= 0.6 is 11.6 Å². The van der Waals surface area contributed by atoms with Gasteiger partial charge in [0.1, 0.15) is 0 Å². The number of likely N-dealkylation sites (tertiary alicyclic amines) is 1.